The minimum Gasteiger partial charge on any atom is -0.351 e. The maximum atomic E-state index is 12.1. The van der Waals surface area contributed by atoms with Crippen molar-refractivity contribution >= 4 is 39.1 Å². The van der Waals surface area contributed by atoms with Gasteiger partial charge in [0.15, 0.2) is 0 Å². The van der Waals surface area contributed by atoms with E-state index in [1.54, 1.807) is 30.7 Å². The summed E-state index contributed by atoms with van der Waals surface area (Å²) in [5, 5.41) is 3.53. The van der Waals surface area contributed by atoms with Crippen molar-refractivity contribution in [2.24, 2.45) is 0 Å². The number of aromatic nitrogens is 2. The molecule has 0 aromatic carbocycles. The molecule has 0 unspecified atom stereocenters. The van der Waals surface area contributed by atoms with E-state index in [9.17, 15) is 4.79 Å². The van der Waals surface area contributed by atoms with E-state index in [-0.39, 0.29) is 5.91 Å². The molecule has 3 aromatic rings. The van der Waals surface area contributed by atoms with Crippen LogP contribution in [0.5, 0.6) is 0 Å². The highest BCUT2D eigenvalue weighted by Crippen LogP contribution is 2.30. The van der Waals surface area contributed by atoms with Crippen LogP contribution >= 0.6 is 22.9 Å². The molecular formula is C15H12ClN3OS. The monoisotopic (exact) mass is 317 g/mol. The highest BCUT2D eigenvalue weighted by atomic mass is 35.5. The molecule has 4 nitrogen and oxygen atoms in total. The predicted octanol–water partition coefficient (Wildman–Crippen LogP) is 3.32. The van der Waals surface area contributed by atoms with Crippen LogP contribution in [0.3, 0.4) is 0 Å². The van der Waals surface area contributed by atoms with Crippen molar-refractivity contribution in [1.29, 1.82) is 0 Å². The Hall–Kier alpha value is -1.98. The molecule has 106 valence electrons. The summed E-state index contributed by atoms with van der Waals surface area (Å²) in [5.41, 5.74) is 1.85. The summed E-state index contributed by atoms with van der Waals surface area (Å²) in [5.74, 6) is -0.0991. The van der Waals surface area contributed by atoms with E-state index in [1.165, 1.54) is 11.3 Å². The lowest BCUT2D eigenvalue weighted by Crippen LogP contribution is -2.24. The molecule has 3 rings (SSSR count). The van der Waals surface area contributed by atoms with Crippen molar-refractivity contribution in [3.63, 3.8) is 0 Å². The lowest BCUT2D eigenvalue weighted by Gasteiger charge is -2.03. The molecule has 1 N–H and O–H groups in total. The lowest BCUT2D eigenvalue weighted by molar-refractivity contribution is 0.0958. The second-order valence-corrected chi connectivity index (χ2v) is 5.94. The molecule has 3 aromatic heterocycles. The zero-order chi connectivity index (χ0) is 14.7. The normalized spacial score (nSPS) is 10.7. The molecule has 0 saturated heterocycles. The highest BCUT2D eigenvalue weighted by molar-refractivity contribution is 7.21. The number of carbonyl (C=O) groups is 1. The fourth-order valence-corrected chi connectivity index (χ4v) is 3.18. The number of hydrogen-bond donors (Lipinski definition) is 1. The van der Waals surface area contributed by atoms with Crippen molar-refractivity contribution in [2.75, 3.05) is 6.54 Å². The van der Waals surface area contributed by atoms with E-state index >= 15 is 0 Å². The fraction of sp³-hybridized carbons (Fsp3) is 0.133. The van der Waals surface area contributed by atoms with Gasteiger partial charge in [-0.15, -0.1) is 11.3 Å². The first-order valence-electron chi connectivity index (χ1n) is 6.45. The minimum absolute atomic E-state index is 0.0991. The van der Waals surface area contributed by atoms with Gasteiger partial charge in [-0.25, -0.2) is 0 Å². The number of nitrogens with zero attached hydrogens (tertiary/aromatic N) is 2. The van der Waals surface area contributed by atoms with Crippen molar-refractivity contribution < 1.29 is 4.79 Å². The van der Waals surface area contributed by atoms with E-state index in [1.807, 2.05) is 12.1 Å². The van der Waals surface area contributed by atoms with Crippen LogP contribution in [0.25, 0.3) is 10.2 Å². The lowest BCUT2D eigenvalue weighted by atomic mass is 10.2. The first-order chi connectivity index (χ1) is 10.2. The predicted molar refractivity (Wildman–Crippen MR) is 84.9 cm³/mol. The summed E-state index contributed by atoms with van der Waals surface area (Å²) in [6.45, 7) is 0.569. The average Bonchev–Trinajstić information content (AvgIpc) is 2.94. The van der Waals surface area contributed by atoms with Gasteiger partial charge in [0.05, 0.1) is 20.1 Å². The number of amides is 1. The molecule has 3 heterocycles. The molecule has 0 fully saturated rings. The van der Waals surface area contributed by atoms with Crippen LogP contribution in [-0.4, -0.2) is 22.4 Å². The van der Waals surface area contributed by atoms with Crippen molar-refractivity contribution in [3.8, 4) is 0 Å². The smallest absolute Gasteiger partial charge is 0.261 e. The number of thiophene rings is 1. The van der Waals surface area contributed by atoms with Gasteiger partial charge in [-0.3, -0.25) is 14.8 Å². The number of rotatable bonds is 4. The molecular weight excluding hydrogens is 306 g/mol. The van der Waals surface area contributed by atoms with Crippen LogP contribution in [0.4, 0.5) is 0 Å². The van der Waals surface area contributed by atoms with Crippen molar-refractivity contribution in [1.82, 2.24) is 15.3 Å². The molecule has 0 bridgehead atoms. The molecule has 0 aliphatic carbocycles. The van der Waals surface area contributed by atoms with Gasteiger partial charge >= 0.3 is 0 Å². The standard InChI is InChI=1S/C15H12ClN3OS/c16-11-4-7-18-12-8-13(21-14(11)12)15(20)19-6-3-10-2-1-5-17-9-10/h1-2,4-5,7-9H,3,6H2,(H,19,20). The van der Waals surface area contributed by atoms with Gasteiger partial charge in [0, 0.05) is 25.1 Å². The number of fused-ring (bicyclic) bond motifs is 1. The van der Waals surface area contributed by atoms with Crippen LogP contribution < -0.4 is 5.32 Å². The van der Waals surface area contributed by atoms with Gasteiger partial charge in [-0.2, -0.15) is 0 Å². The van der Waals surface area contributed by atoms with Crippen LogP contribution in [0, 0.1) is 0 Å². The zero-order valence-electron chi connectivity index (χ0n) is 11.0. The summed E-state index contributed by atoms with van der Waals surface area (Å²) in [6.07, 6.45) is 5.93. The largest absolute Gasteiger partial charge is 0.351 e. The molecule has 21 heavy (non-hydrogen) atoms. The first kappa shape index (κ1) is 14.0. The maximum Gasteiger partial charge on any atom is 0.261 e. The molecule has 0 aliphatic rings. The molecule has 6 heteroatoms. The third kappa shape index (κ3) is 3.20. The summed E-state index contributed by atoms with van der Waals surface area (Å²) < 4.78 is 0.844. The van der Waals surface area contributed by atoms with E-state index < -0.39 is 0 Å². The third-order valence-corrected chi connectivity index (χ3v) is 4.59. The second-order valence-electron chi connectivity index (χ2n) is 4.48. The second kappa shape index (κ2) is 6.20. The Kier molecular flexibility index (Phi) is 4.13. The molecule has 0 aliphatic heterocycles. The Morgan fingerprint density at radius 1 is 1.33 bits per heavy atom. The molecule has 0 radical (unpaired) electrons. The van der Waals surface area contributed by atoms with E-state index in [4.69, 9.17) is 11.6 Å². The number of halogens is 1. The van der Waals surface area contributed by atoms with Gasteiger partial charge in [-0.05, 0) is 30.2 Å². The van der Waals surface area contributed by atoms with E-state index in [2.05, 4.69) is 15.3 Å². The topological polar surface area (TPSA) is 54.9 Å². The fourth-order valence-electron chi connectivity index (χ4n) is 1.97. The Morgan fingerprint density at radius 3 is 3.00 bits per heavy atom. The summed E-state index contributed by atoms with van der Waals surface area (Å²) in [4.78, 5) is 21.0. The Bertz CT molecular complexity index is 773. The molecule has 0 atom stereocenters. The summed E-state index contributed by atoms with van der Waals surface area (Å²) >= 11 is 7.45. The van der Waals surface area contributed by atoms with Crippen LogP contribution in [0.2, 0.25) is 5.02 Å². The minimum atomic E-state index is -0.0991. The summed E-state index contributed by atoms with van der Waals surface area (Å²) in [7, 11) is 0. The maximum absolute atomic E-state index is 12.1. The number of hydrogen-bond acceptors (Lipinski definition) is 4. The van der Waals surface area contributed by atoms with Crippen LogP contribution in [0.1, 0.15) is 15.2 Å². The number of carbonyl (C=O) groups excluding carboxylic acids is 1. The quantitative estimate of drug-likeness (QED) is 0.803. The van der Waals surface area contributed by atoms with Crippen molar-refractivity contribution in [3.05, 3.63) is 58.3 Å². The van der Waals surface area contributed by atoms with Crippen LogP contribution in [-0.2, 0) is 6.42 Å². The van der Waals surface area contributed by atoms with Crippen LogP contribution in [0.15, 0.2) is 42.9 Å². The highest BCUT2D eigenvalue weighted by Gasteiger charge is 2.12. The molecule has 1 amide bonds. The van der Waals surface area contributed by atoms with Gasteiger partial charge in [0.2, 0.25) is 0 Å². The Morgan fingerprint density at radius 2 is 2.24 bits per heavy atom. The average molecular weight is 318 g/mol. The molecule has 0 saturated carbocycles. The Balaban J connectivity index is 1.65. The number of nitrogens with one attached hydrogen (secondary N) is 1. The van der Waals surface area contributed by atoms with Gasteiger partial charge in [0.1, 0.15) is 0 Å². The third-order valence-electron chi connectivity index (χ3n) is 3.01. The number of pyridine rings is 2. The summed E-state index contributed by atoms with van der Waals surface area (Å²) in [6, 6.07) is 7.37. The van der Waals surface area contributed by atoms with E-state index in [0.717, 1.165) is 22.2 Å². The van der Waals surface area contributed by atoms with Gasteiger partial charge in [0.25, 0.3) is 5.91 Å². The Labute approximate surface area is 130 Å². The van der Waals surface area contributed by atoms with Gasteiger partial charge in [-0.1, -0.05) is 17.7 Å². The first-order valence-corrected chi connectivity index (χ1v) is 7.64. The van der Waals surface area contributed by atoms with Crippen molar-refractivity contribution in [2.45, 2.75) is 6.42 Å². The SMILES string of the molecule is O=C(NCCc1cccnc1)c1cc2nccc(Cl)c2s1. The zero-order valence-corrected chi connectivity index (χ0v) is 12.6. The van der Waals surface area contributed by atoms with Gasteiger partial charge < -0.3 is 5.32 Å². The van der Waals surface area contributed by atoms with E-state index in [0.29, 0.717) is 16.4 Å². The molecule has 0 spiro atoms.